The minimum Gasteiger partial charge on any atom is -0.443 e. The van der Waals surface area contributed by atoms with Crippen LogP contribution in [0.4, 0.5) is 0 Å². The molecule has 3 aromatic rings. The van der Waals surface area contributed by atoms with E-state index in [-0.39, 0.29) is 23.7 Å². The quantitative estimate of drug-likeness (QED) is 0.609. The summed E-state index contributed by atoms with van der Waals surface area (Å²) in [6.45, 7) is 4.10. The SMILES string of the molecule is CCOC1CC(c2ccccc2)OC2(CCN(C(=O)c3ccc4ncoc4c3)CC2)C1. The second-order valence-electron chi connectivity index (χ2n) is 8.54. The zero-order valence-corrected chi connectivity index (χ0v) is 17.8. The number of likely N-dealkylation sites (tertiary alicyclic amines) is 1. The molecule has 1 aromatic heterocycles. The molecule has 2 aliphatic rings. The van der Waals surface area contributed by atoms with Crippen molar-refractivity contribution in [1.29, 1.82) is 0 Å². The molecule has 1 spiro atoms. The maximum atomic E-state index is 13.1. The van der Waals surface area contributed by atoms with Crippen molar-refractivity contribution in [1.82, 2.24) is 9.88 Å². The Kier molecular flexibility index (Phi) is 5.50. The molecule has 0 bridgehead atoms. The van der Waals surface area contributed by atoms with Crippen LogP contribution >= 0.6 is 0 Å². The van der Waals surface area contributed by atoms with Crippen molar-refractivity contribution in [2.45, 2.75) is 50.4 Å². The first-order chi connectivity index (χ1) is 15.2. The molecule has 6 nitrogen and oxygen atoms in total. The molecule has 2 fully saturated rings. The minimum absolute atomic E-state index is 0.0302. The number of piperidine rings is 1. The van der Waals surface area contributed by atoms with Gasteiger partial charge in [0, 0.05) is 38.1 Å². The van der Waals surface area contributed by atoms with Crippen molar-refractivity contribution in [3.8, 4) is 0 Å². The van der Waals surface area contributed by atoms with Gasteiger partial charge in [0.15, 0.2) is 12.0 Å². The third kappa shape index (κ3) is 4.10. The summed E-state index contributed by atoms with van der Waals surface area (Å²) < 4.78 is 18.1. The predicted octanol–water partition coefficient (Wildman–Crippen LogP) is 4.76. The van der Waals surface area contributed by atoms with E-state index >= 15 is 0 Å². The maximum absolute atomic E-state index is 13.1. The second-order valence-corrected chi connectivity index (χ2v) is 8.54. The van der Waals surface area contributed by atoms with Crippen molar-refractivity contribution >= 4 is 17.0 Å². The number of hydrogen-bond acceptors (Lipinski definition) is 5. The molecule has 2 unspecified atom stereocenters. The lowest BCUT2D eigenvalue weighted by Gasteiger charge is -2.48. The Balaban J connectivity index is 1.30. The van der Waals surface area contributed by atoms with Crippen LogP contribution in [0.15, 0.2) is 59.3 Å². The van der Waals surface area contributed by atoms with Gasteiger partial charge in [-0.1, -0.05) is 30.3 Å². The number of benzene rings is 2. The average molecular weight is 421 g/mol. The Hall–Kier alpha value is -2.70. The van der Waals surface area contributed by atoms with E-state index in [1.807, 2.05) is 30.0 Å². The van der Waals surface area contributed by atoms with Crippen molar-refractivity contribution in [3.05, 3.63) is 66.1 Å². The van der Waals surface area contributed by atoms with Crippen LogP contribution in [0.2, 0.25) is 0 Å². The molecular weight excluding hydrogens is 392 g/mol. The highest BCUT2D eigenvalue weighted by Crippen LogP contribution is 2.44. The number of aromatic nitrogens is 1. The molecule has 2 aromatic carbocycles. The van der Waals surface area contributed by atoms with Crippen molar-refractivity contribution in [3.63, 3.8) is 0 Å². The van der Waals surface area contributed by atoms with Gasteiger partial charge in [0.25, 0.3) is 5.91 Å². The number of hydrogen-bond donors (Lipinski definition) is 0. The number of oxazole rings is 1. The highest BCUT2D eigenvalue weighted by atomic mass is 16.5. The van der Waals surface area contributed by atoms with Gasteiger partial charge in [-0.15, -0.1) is 0 Å². The fraction of sp³-hybridized carbons (Fsp3) is 0.440. The van der Waals surface area contributed by atoms with Gasteiger partial charge in [0.05, 0.1) is 17.8 Å². The minimum atomic E-state index is -0.246. The van der Waals surface area contributed by atoms with Crippen LogP contribution in [0.1, 0.15) is 54.6 Å². The van der Waals surface area contributed by atoms with E-state index in [2.05, 4.69) is 29.2 Å². The van der Waals surface area contributed by atoms with E-state index in [9.17, 15) is 4.79 Å². The smallest absolute Gasteiger partial charge is 0.253 e. The fourth-order valence-corrected chi connectivity index (χ4v) is 4.98. The Labute approximate surface area is 182 Å². The Morgan fingerprint density at radius 3 is 2.77 bits per heavy atom. The molecule has 3 heterocycles. The molecule has 2 atom stereocenters. The summed E-state index contributed by atoms with van der Waals surface area (Å²) in [6.07, 6.45) is 5.01. The number of fused-ring (bicyclic) bond motifs is 1. The summed E-state index contributed by atoms with van der Waals surface area (Å²) in [5.74, 6) is 0.0323. The van der Waals surface area contributed by atoms with E-state index < -0.39 is 0 Å². The van der Waals surface area contributed by atoms with Crippen molar-refractivity contribution in [2.75, 3.05) is 19.7 Å². The van der Waals surface area contributed by atoms with Gasteiger partial charge in [-0.05, 0) is 43.5 Å². The standard InChI is InChI=1S/C25H28N2O4/c1-2-29-20-15-22(18-6-4-3-5-7-18)31-25(16-20)10-12-27(13-11-25)24(28)19-8-9-21-23(14-19)30-17-26-21/h3-9,14,17,20,22H,2,10-13,15-16H2,1H3. The lowest BCUT2D eigenvalue weighted by Crippen LogP contribution is -2.52. The molecular formula is C25H28N2O4. The number of rotatable bonds is 4. The van der Waals surface area contributed by atoms with Gasteiger partial charge in [-0.25, -0.2) is 4.98 Å². The number of amides is 1. The normalized spacial score (nSPS) is 23.3. The van der Waals surface area contributed by atoms with E-state index in [1.54, 1.807) is 6.07 Å². The van der Waals surface area contributed by atoms with Gasteiger partial charge >= 0.3 is 0 Å². The molecule has 1 amide bonds. The molecule has 6 heteroatoms. The van der Waals surface area contributed by atoms with Crippen LogP contribution in [0, 0.1) is 0 Å². The average Bonchev–Trinajstić information content (AvgIpc) is 3.28. The van der Waals surface area contributed by atoms with Gasteiger partial charge in [-0.3, -0.25) is 4.79 Å². The summed E-state index contributed by atoms with van der Waals surface area (Å²) >= 11 is 0. The van der Waals surface area contributed by atoms with E-state index in [0.717, 1.165) is 31.2 Å². The molecule has 0 saturated carbocycles. The fourth-order valence-electron chi connectivity index (χ4n) is 4.98. The first kappa shape index (κ1) is 20.2. The Morgan fingerprint density at radius 2 is 2.00 bits per heavy atom. The zero-order chi connectivity index (χ0) is 21.3. The zero-order valence-electron chi connectivity index (χ0n) is 17.8. The number of ether oxygens (including phenoxy) is 2. The molecule has 0 aliphatic carbocycles. The van der Waals surface area contributed by atoms with E-state index in [1.165, 1.54) is 12.0 Å². The van der Waals surface area contributed by atoms with E-state index in [0.29, 0.717) is 30.8 Å². The Bertz CT molecular complexity index is 1040. The molecule has 0 N–H and O–H groups in total. The lowest BCUT2D eigenvalue weighted by molar-refractivity contribution is -0.190. The van der Waals surface area contributed by atoms with E-state index in [4.69, 9.17) is 13.9 Å². The van der Waals surface area contributed by atoms with Crippen LogP contribution in [-0.2, 0) is 9.47 Å². The molecule has 0 radical (unpaired) electrons. The van der Waals surface area contributed by atoms with Gasteiger partial charge < -0.3 is 18.8 Å². The third-order valence-corrected chi connectivity index (χ3v) is 6.58. The van der Waals surface area contributed by atoms with Gasteiger partial charge in [0.1, 0.15) is 5.52 Å². The van der Waals surface area contributed by atoms with Crippen molar-refractivity contribution in [2.24, 2.45) is 0 Å². The summed E-state index contributed by atoms with van der Waals surface area (Å²) in [4.78, 5) is 19.1. The molecule has 2 aliphatic heterocycles. The largest absolute Gasteiger partial charge is 0.443 e. The lowest BCUT2D eigenvalue weighted by atomic mass is 9.80. The van der Waals surface area contributed by atoms with Crippen LogP contribution < -0.4 is 0 Å². The highest BCUT2D eigenvalue weighted by Gasteiger charge is 2.45. The molecule has 5 rings (SSSR count). The molecule has 31 heavy (non-hydrogen) atoms. The highest BCUT2D eigenvalue weighted by molar-refractivity contribution is 5.97. The predicted molar refractivity (Wildman–Crippen MR) is 117 cm³/mol. The number of carbonyl (C=O) groups is 1. The molecule has 162 valence electrons. The Morgan fingerprint density at radius 1 is 1.19 bits per heavy atom. The van der Waals surface area contributed by atoms with Gasteiger partial charge in [0.2, 0.25) is 0 Å². The van der Waals surface area contributed by atoms with Crippen molar-refractivity contribution < 1.29 is 18.7 Å². The second kappa shape index (κ2) is 8.44. The van der Waals surface area contributed by atoms with Gasteiger partial charge in [-0.2, -0.15) is 0 Å². The molecule has 2 saturated heterocycles. The summed E-state index contributed by atoms with van der Waals surface area (Å²) in [5.41, 5.74) is 2.99. The van der Waals surface area contributed by atoms with Crippen LogP contribution in [-0.4, -0.2) is 47.2 Å². The number of carbonyl (C=O) groups excluding carboxylic acids is 1. The maximum Gasteiger partial charge on any atom is 0.253 e. The van der Waals surface area contributed by atoms with Crippen LogP contribution in [0.3, 0.4) is 0 Å². The van der Waals surface area contributed by atoms with Crippen LogP contribution in [0.25, 0.3) is 11.1 Å². The first-order valence-corrected chi connectivity index (χ1v) is 11.1. The summed E-state index contributed by atoms with van der Waals surface area (Å²) in [5, 5.41) is 0. The van der Waals surface area contributed by atoms with Crippen LogP contribution in [0.5, 0.6) is 0 Å². The monoisotopic (exact) mass is 420 g/mol. The first-order valence-electron chi connectivity index (χ1n) is 11.1. The summed E-state index contributed by atoms with van der Waals surface area (Å²) in [7, 11) is 0. The topological polar surface area (TPSA) is 64.8 Å². The third-order valence-electron chi connectivity index (χ3n) is 6.58. The number of nitrogens with zero attached hydrogens (tertiary/aromatic N) is 2. The summed E-state index contributed by atoms with van der Waals surface area (Å²) in [6, 6.07) is 15.8.